The van der Waals surface area contributed by atoms with Gasteiger partial charge in [-0.1, -0.05) is 0 Å². The van der Waals surface area contributed by atoms with Gasteiger partial charge in [0.05, 0.1) is 12.3 Å². The molecular weight excluding hydrogens is 180 g/mol. The lowest BCUT2D eigenvalue weighted by atomic mass is 10.3. The largest absolute Gasteiger partial charge is 0.489 e. The molecule has 1 amide bonds. The van der Waals surface area contributed by atoms with E-state index in [1.807, 2.05) is 6.92 Å². The molecule has 1 radical (unpaired) electrons. The smallest absolute Gasteiger partial charge is 0.223 e. The maximum absolute atomic E-state index is 11.1. The highest BCUT2D eigenvalue weighted by Crippen LogP contribution is 2.25. The van der Waals surface area contributed by atoms with Gasteiger partial charge in [0.2, 0.25) is 5.91 Å². The van der Waals surface area contributed by atoms with Crippen LogP contribution in [-0.2, 0) is 4.79 Å². The molecule has 0 unspecified atom stereocenters. The fraction of sp³-hybridized carbons (Fsp3) is 0.400. The Morgan fingerprint density at radius 2 is 2.43 bits per heavy atom. The molecule has 1 rings (SSSR count). The van der Waals surface area contributed by atoms with Crippen molar-refractivity contribution in [1.82, 2.24) is 4.98 Å². The molecule has 1 heterocycles. The Labute approximate surface area is 83.5 Å². The standard InChI is InChI=1S/C10H13N2O2/c1-4-14-10-7-11-6-5-9(10)12(3)8(2)13/h5-6H,4H2,1-3H3. The van der Waals surface area contributed by atoms with Crippen molar-refractivity contribution in [3.63, 3.8) is 0 Å². The van der Waals surface area contributed by atoms with Gasteiger partial charge in [0.15, 0.2) is 5.75 Å². The Hall–Kier alpha value is -1.58. The fourth-order valence-corrected chi connectivity index (χ4v) is 1.02. The zero-order valence-electron chi connectivity index (χ0n) is 8.57. The lowest BCUT2D eigenvalue weighted by Gasteiger charge is -2.17. The molecule has 0 aromatic carbocycles. The zero-order valence-corrected chi connectivity index (χ0v) is 8.57. The summed E-state index contributed by atoms with van der Waals surface area (Å²) in [7, 11) is 1.69. The summed E-state index contributed by atoms with van der Waals surface area (Å²) in [4.78, 5) is 16.5. The summed E-state index contributed by atoms with van der Waals surface area (Å²) < 4.78 is 5.30. The van der Waals surface area contributed by atoms with Gasteiger partial charge in [-0.15, -0.1) is 0 Å². The number of ether oxygens (including phenoxy) is 1. The van der Waals surface area contributed by atoms with E-state index in [1.165, 1.54) is 11.8 Å². The number of carbonyl (C=O) groups is 1. The van der Waals surface area contributed by atoms with Crippen molar-refractivity contribution in [1.29, 1.82) is 0 Å². The summed E-state index contributed by atoms with van der Waals surface area (Å²) in [5.74, 6) is 0.457. The van der Waals surface area contributed by atoms with E-state index in [-0.39, 0.29) is 5.91 Å². The van der Waals surface area contributed by atoms with Gasteiger partial charge in [0.1, 0.15) is 6.20 Å². The third kappa shape index (κ3) is 2.22. The van der Waals surface area contributed by atoms with Crippen molar-refractivity contribution in [2.75, 3.05) is 18.6 Å². The Morgan fingerprint density at radius 1 is 1.71 bits per heavy atom. The number of nitrogens with zero attached hydrogens (tertiary/aromatic N) is 2. The van der Waals surface area contributed by atoms with Crippen LogP contribution >= 0.6 is 0 Å². The van der Waals surface area contributed by atoms with Crippen LogP contribution in [0.25, 0.3) is 0 Å². The van der Waals surface area contributed by atoms with Crippen molar-refractivity contribution in [2.45, 2.75) is 13.8 Å². The number of anilines is 1. The van der Waals surface area contributed by atoms with Crippen LogP contribution in [0.4, 0.5) is 5.69 Å². The van der Waals surface area contributed by atoms with Crippen LogP contribution in [0.15, 0.2) is 12.3 Å². The molecule has 0 aliphatic rings. The van der Waals surface area contributed by atoms with Crippen molar-refractivity contribution in [3.8, 4) is 5.75 Å². The van der Waals surface area contributed by atoms with Gasteiger partial charge < -0.3 is 9.64 Å². The topological polar surface area (TPSA) is 42.4 Å². The van der Waals surface area contributed by atoms with E-state index < -0.39 is 0 Å². The third-order valence-electron chi connectivity index (χ3n) is 1.83. The van der Waals surface area contributed by atoms with E-state index in [9.17, 15) is 4.79 Å². The van der Waals surface area contributed by atoms with Crippen molar-refractivity contribution in [3.05, 3.63) is 18.5 Å². The highest BCUT2D eigenvalue weighted by Gasteiger charge is 2.11. The minimum atomic E-state index is -0.0504. The average molecular weight is 193 g/mol. The van der Waals surface area contributed by atoms with Gasteiger partial charge >= 0.3 is 0 Å². The van der Waals surface area contributed by atoms with Crippen LogP contribution in [0.2, 0.25) is 0 Å². The Balaban J connectivity index is 3.00. The minimum absolute atomic E-state index is 0.0504. The summed E-state index contributed by atoms with van der Waals surface area (Å²) >= 11 is 0. The monoisotopic (exact) mass is 193 g/mol. The number of amides is 1. The second kappa shape index (κ2) is 4.60. The highest BCUT2D eigenvalue weighted by molar-refractivity contribution is 5.92. The lowest BCUT2D eigenvalue weighted by Crippen LogP contribution is -2.23. The van der Waals surface area contributed by atoms with Crippen molar-refractivity contribution in [2.24, 2.45) is 0 Å². The number of rotatable bonds is 3. The molecule has 0 fully saturated rings. The zero-order chi connectivity index (χ0) is 10.6. The van der Waals surface area contributed by atoms with Crippen LogP contribution in [0.5, 0.6) is 5.75 Å². The van der Waals surface area contributed by atoms with Crippen molar-refractivity contribution < 1.29 is 9.53 Å². The summed E-state index contributed by atoms with van der Waals surface area (Å²) in [6.07, 6.45) is 4.29. The van der Waals surface area contributed by atoms with Crippen LogP contribution in [0.1, 0.15) is 13.8 Å². The van der Waals surface area contributed by atoms with E-state index in [0.717, 1.165) is 0 Å². The van der Waals surface area contributed by atoms with Gasteiger partial charge in [-0.3, -0.25) is 9.78 Å². The van der Waals surface area contributed by atoms with Gasteiger partial charge in [0.25, 0.3) is 0 Å². The number of aromatic nitrogens is 1. The summed E-state index contributed by atoms with van der Waals surface area (Å²) in [6, 6.07) is 1.73. The summed E-state index contributed by atoms with van der Waals surface area (Å²) in [5.41, 5.74) is 0.689. The Kier molecular flexibility index (Phi) is 3.45. The van der Waals surface area contributed by atoms with Gasteiger partial charge in [-0.2, -0.15) is 0 Å². The van der Waals surface area contributed by atoms with E-state index >= 15 is 0 Å². The molecule has 0 bridgehead atoms. The first kappa shape index (κ1) is 10.5. The SMILES string of the molecule is CCOc1[c]nccc1N(C)C(C)=O. The van der Waals surface area contributed by atoms with Gasteiger partial charge in [0, 0.05) is 20.2 Å². The molecule has 14 heavy (non-hydrogen) atoms. The number of hydrogen-bond donors (Lipinski definition) is 0. The number of hydrogen-bond acceptors (Lipinski definition) is 3. The van der Waals surface area contributed by atoms with Gasteiger partial charge in [-0.25, -0.2) is 0 Å². The quantitative estimate of drug-likeness (QED) is 0.725. The van der Waals surface area contributed by atoms with E-state index in [1.54, 1.807) is 19.3 Å². The molecule has 1 aromatic heterocycles. The molecule has 0 atom stereocenters. The van der Waals surface area contributed by atoms with Crippen LogP contribution < -0.4 is 9.64 Å². The summed E-state index contributed by atoms with van der Waals surface area (Å²) in [6.45, 7) is 3.90. The van der Waals surface area contributed by atoms with E-state index in [4.69, 9.17) is 4.74 Å². The van der Waals surface area contributed by atoms with E-state index in [2.05, 4.69) is 11.2 Å². The highest BCUT2D eigenvalue weighted by atomic mass is 16.5. The Morgan fingerprint density at radius 3 is 3.00 bits per heavy atom. The summed E-state index contributed by atoms with van der Waals surface area (Å²) in [5, 5.41) is 0. The molecule has 0 N–H and O–H groups in total. The molecule has 4 heteroatoms. The van der Waals surface area contributed by atoms with Crippen LogP contribution in [0.3, 0.4) is 0 Å². The molecule has 0 spiro atoms. The minimum Gasteiger partial charge on any atom is -0.489 e. The first-order valence-corrected chi connectivity index (χ1v) is 4.40. The van der Waals surface area contributed by atoms with Crippen LogP contribution in [-0.4, -0.2) is 24.5 Å². The molecule has 0 aliphatic heterocycles. The molecular formula is C10H13N2O2. The predicted molar refractivity (Wildman–Crippen MR) is 53.3 cm³/mol. The number of carbonyl (C=O) groups excluding carboxylic acids is 1. The second-order valence-corrected chi connectivity index (χ2v) is 2.78. The molecule has 0 saturated heterocycles. The number of pyridine rings is 1. The Bertz CT molecular complexity index is 326. The van der Waals surface area contributed by atoms with Crippen molar-refractivity contribution >= 4 is 11.6 Å². The maximum Gasteiger partial charge on any atom is 0.223 e. The average Bonchev–Trinajstić information content (AvgIpc) is 2.18. The molecule has 75 valence electrons. The normalized spacial score (nSPS) is 9.64. The third-order valence-corrected chi connectivity index (χ3v) is 1.83. The second-order valence-electron chi connectivity index (χ2n) is 2.78. The molecule has 1 aromatic rings. The molecule has 4 nitrogen and oxygen atoms in total. The van der Waals surface area contributed by atoms with E-state index in [0.29, 0.717) is 18.0 Å². The predicted octanol–water partition coefficient (Wildman–Crippen LogP) is 1.26. The van der Waals surface area contributed by atoms with Gasteiger partial charge in [-0.05, 0) is 13.0 Å². The lowest BCUT2D eigenvalue weighted by molar-refractivity contribution is -0.116. The first-order chi connectivity index (χ1) is 6.66. The van der Waals surface area contributed by atoms with Crippen LogP contribution in [0, 0.1) is 6.20 Å². The molecule has 0 saturated carbocycles. The maximum atomic E-state index is 11.1. The first-order valence-electron chi connectivity index (χ1n) is 4.40. The fourth-order valence-electron chi connectivity index (χ4n) is 1.02. The molecule has 0 aliphatic carbocycles.